The minimum atomic E-state index is 1.05. The lowest BCUT2D eigenvalue weighted by Crippen LogP contribution is -1.86. The molecule has 0 saturated heterocycles. The molecule has 0 aliphatic carbocycles. The van der Waals surface area contributed by atoms with Gasteiger partial charge in [-0.1, -0.05) is 30.3 Å². The van der Waals surface area contributed by atoms with E-state index in [0.717, 1.165) is 22.3 Å². The van der Waals surface area contributed by atoms with Crippen LogP contribution in [0.1, 0.15) is 0 Å². The van der Waals surface area contributed by atoms with Crippen LogP contribution in [0.2, 0.25) is 0 Å². The number of benzene rings is 1. The predicted molar refractivity (Wildman–Crippen MR) is 71.7 cm³/mol. The van der Waals surface area contributed by atoms with Crippen LogP contribution in [-0.4, -0.2) is 9.97 Å². The molecular weight excluding hydrogens is 220 g/mol. The van der Waals surface area contributed by atoms with Gasteiger partial charge in [0.2, 0.25) is 0 Å². The third-order valence-corrected chi connectivity index (χ3v) is 2.78. The summed E-state index contributed by atoms with van der Waals surface area (Å²) in [6.45, 7) is 0. The van der Waals surface area contributed by atoms with Crippen molar-refractivity contribution in [2.45, 2.75) is 0 Å². The Bertz CT molecular complexity index is 575. The van der Waals surface area contributed by atoms with Gasteiger partial charge in [0, 0.05) is 35.9 Å². The molecule has 0 atom stereocenters. The van der Waals surface area contributed by atoms with Crippen molar-refractivity contribution >= 4 is 0 Å². The molecule has 3 rings (SSSR count). The second-order valence-electron chi connectivity index (χ2n) is 3.94. The largest absolute Gasteiger partial charge is 0.264 e. The van der Waals surface area contributed by atoms with E-state index in [2.05, 4.69) is 28.2 Å². The van der Waals surface area contributed by atoms with E-state index < -0.39 is 0 Å². The summed E-state index contributed by atoms with van der Waals surface area (Å²) < 4.78 is 0. The van der Waals surface area contributed by atoms with Crippen molar-refractivity contribution in [3.05, 3.63) is 73.3 Å². The Balaban J connectivity index is 2.18. The second-order valence-corrected chi connectivity index (χ2v) is 3.94. The SMILES string of the molecule is [c]1cccc(-c2cccnc2)c1-c1cccnc1. The number of nitrogens with zero attached hydrogens (tertiary/aromatic N) is 2. The van der Waals surface area contributed by atoms with Crippen molar-refractivity contribution in [3.8, 4) is 22.3 Å². The van der Waals surface area contributed by atoms with Crippen molar-refractivity contribution < 1.29 is 0 Å². The maximum absolute atomic E-state index is 4.17. The first-order valence-electron chi connectivity index (χ1n) is 5.76. The molecule has 2 heteroatoms. The Morgan fingerprint density at radius 2 is 1.50 bits per heavy atom. The molecular formula is C16H11N2. The first-order valence-corrected chi connectivity index (χ1v) is 5.76. The molecule has 85 valence electrons. The fraction of sp³-hybridized carbons (Fsp3) is 0. The quantitative estimate of drug-likeness (QED) is 0.673. The Hall–Kier alpha value is -2.48. The van der Waals surface area contributed by atoms with Crippen LogP contribution < -0.4 is 0 Å². The number of hydrogen-bond acceptors (Lipinski definition) is 2. The molecule has 3 aromatic rings. The molecule has 1 aromatic carbocycles. The van der Waals surface area contributed by atoms with Crippen LogP contribution in [0.3, 0.4) is 0 Å². The zero-order chi connectivity index (χ0) is 12.2. The van der Waals surface area contributed by atoms with Crippen LogP contribution in [-0.2, 0) is 0 Å². The first-order chi connectivity index (χ1) is 8.95. The van der Waals surface area contributed by atoms with Gasteiger partial charge in [-0.3, -0.25) is 9.97 Å². The third kappa shape index (κ3) is 2.00. The van der Waals surface area contributed by atoms with Crippen LogP contribution in [0.4, 0.5) is 0 Å². The molecule has 0 aliphatic rings. The van der Waals surface area contributed by atoms with Gasteiger partial charge in [0.1, 0.15) is 0 Å². The summed E-state index contributed by atoms with van der Waals surface area (Å²) in [4.78, 5) is 8.33. The highest BCUT2D eigenvalue weighted by Gasteiger charge is 2.06. The lowest BCUT2D eigenvalue weighted by molar-refractivity contribution is 1.32. The average molecular weight is 231 g/mol. The third-order valence-electron chi connectivity index (χ3n) is 2.78. The summed E-state index contributed by atoms with van der Waals surface area (Å²) in [5.41, 5.74) is 4.34. The highest BCUT2D eigenvalue weighted by Crippen LogP contribution is 2.30. The first kappa shape index (κ1) is 10.7. The standard InChI is InChI=1S/C16H11N2/c1-2-8-16(14-6-4-10-18-12-14)15(7-1)13-5-3-9-17-11-13/h1-7,9-12H. The smallest absolute Gasteiger partial charge is 0.0346 e. The van der Waals surface area contributed by atoms with Gasteiger partial charge in [-0.25, -0.2) is 0 Å². The fourth-order valence-electron chi connectivity index (χ4n) is 1.95. The Morgan fingerprint density at radius 3 is 2.17 bits per heavy atom. The highest BCUT2D eigenvalue weighted by molar-refractivity contribution is 5.82. The van der Waals surface area contributed by atoms with E-state index in [1.165, 1.54) is 0 Å². The monoisotopic (exact) mass is 231 g/mol. The van der Waals surface area contributed by atoms with Crippen LogP contribution in [0.15, 0.2) is 67.3 Å². The van der Waals surface area contributed by atoms with Crippen molar-refractivity contribution in [1.29, 1.82) is 0 Å². The summed E-state index contributed by atoms with van der Waals surface area (Å²) in [7, 11) is 0. The molecule has 0 spiro atoms. The molecule has 2 nitrogen and oxygen atoms in total. The number of rotatable bonds is 2. The molecule has 1 radical (unpaired) electrons. The fourth-order valence-corrected chi connectivity index (χ4v) is 1.95. The normalized spacial score (nSPS) is 10.2. The van der Waals surface area contributed by atoms with Crippen molar-refractivity contribution in [1.82, 2.24) is 9.97 Å². The topological polar surface area (TPSA) is 25.8 Å². The predicted octanol–water partition coefficient (Wildman–Crippen LogP) is 3.61. The molecule has 0 unspecified atom stereocenters. The van der Waals surface area contributed by atoms with Crippen LogP contribution >= 0.6 is 0 Å². The molecule has 2 aromatic heterocycles. The molecule has 0 saturated carbocycles. The van der Waals surface area contributed by atoms with Crippen LogP contribution in [0, 0.1) is 6.07 Å². The molecule has 2 heterocycles. The average Bonchev–Trinajstić information content (AvgIpc) is 2.49. The Morgan fingerprint density at radius 1 is 0.778 bits per heavy atom. The van der Waals surface area contributed by atoms with Crippen molar-refractivity contribution in [3.63, 3.8) is 0 Å². The van der Waals surface area contributed by atoms with Gasteiger partial charge in [-0.05, 0) is 29.3 Å². The van der Waals surface area contributed by atoms with E-state index in [1.54, 1.807) is 12.4 Å². The lowest BCUT2D eigenvalue weighted by atomic mass is 9.97. The van der Waals surface area contributed by atoms with E-state index >= 15 is 0 Å². The zero-order valence-electron chi connectivity index (χ0n) is 9.75. The molecule has 0 bridgehead atoms. The van der Waals surface area contributed by atoms with Gasteiger partial charge in [0.15, 0.2) is 0 Å². The molecule has 0 aliphatic heterocycles. The van der Waals surface area contributed by atoms with E-state index in [1.807, 2.05) is 42.7 Å². The maximum atomic E-state index is 4.17. The van der Waals surface area contributed by atoms with Gasteiger partial charge in [-0.2, -0.15) is 0 Å². The molecule has 0 amide bonds. The van der Waals surface area contributed by atoms with Gasteiger partial charge in [0.25, 0.3) is 0 Å². The lowest BCUT2D eigenvalue weighted by Gasteiger charge is -2.08. The maximum Gasteiger partial charge on any atom is 0.0346 e. The zero-order valence-corrected chi connectivity index (χ0v) is 9.75. The number of aromatic nitrogens is 2. The Kier molecular flexibility index (Phi) is 2.84. The van der Waals surface area contributed by atoms with E-state index in [0.29, 0.717) is 0 Å². The van der Waals surface area contributed by atoms with E-state index in [4.69, 9.17) is 0 Å². The summed E-state index contributed by atoms with van der Waals surface area (Å²) in [5, 5.41) is 0. The van der Waals surface area contributed by atoms with Crippen LogP contribution in [0.5, 0.6) is 0 Å². The number of pyridine rings is 2. The summed E-state index contributed by atoms with van der Waals surface area (Å²) >= 11 is 0. The minimum absolute atomic E-state index is 1.05. The highest BCUT2D eigenvalue weighted by atomic mass is 14.6. The van der Waals surface area contributed by atoms with Crippen molar-refractivity contribution in [2.75, 3.05) is 0 Å². The molecule has 18 heavy (non-hydrogen) atoms. The second kappa shape index (κ2) is 4.80. The van der Waals surface area contributed by atoms with Gasteiger partial charge in [0.05, 0.1) is 0 Å². The molecule has 0 fully saturated rings. The summed E-state index contributed by atoms with van der Waals surface area (Å²) in [5.74, 6) is 0. The van der Waals surface area contributed by atoms with E-state index in [-0.39, 0.29) is 0 Å². The van der Waals surface area contributed by atoms with Crippen molar-refractivity contribution in [2.24, 2.45) is 0 Å². The van der Waals surface area contributed by atoms with Gasteiger partial charge in [-0.15, -0.1) is 0 Å². The summed E-state index contributed by atoms with van der Waals surface area (Å²) in [6, 6.07) is 17.2. The molecule has 0 N–H and O–H groups in total. The number of hydrogen-bond donors (Lipinski definition) is 0. The van der Waals surface area contributed by atoms with Crippen LogP contribution in [0.25, 0.3) is 22.3 Å². The minimum Gasteiger partial charge on any atom is -0.264 e. The van der Waals surface area contributed by atoms with Gasteiger partial charge < -0.3 is 0 Å². The van der Waals surface area contributed by atoms with E-state index in [9.17, 15) is 0 Å². The van der Waals surface area contributed by atoms with Gasteiger partial charge >= 0.3 is 0 Å². The Labute approximate surface area is 106 Å². The summed E-state index contributed by atoms with van der Waals surface area (Å²) in [6.07, 6.45) is 7.27.